The lowest BCUT2D eigenvalue weighted by atomic mass is 10.2. The normalized spacial score (nSPS) is 11.6. The van der Waals surface area contributed by atoms with Crippen molar-refractivity contribution in [1.29, 1.82) is 0 Å². The van der Waals surface area contributed by atoms with Crippen molar-refractivity contribution in [2.45, 2.75) is 19.4 Å². The van der Waals surface area contributed by atoms with Gasteiger partial charge in [-0.15, -0.1) is 6.58 Å². The summed E-state index contributed by atoms with van der Waals surface area (Å²) in [6.07, 6.45) is 2.43. The summed E-state index contributed by atoms with van der Waals surface area (Å²) in [5.41, 5.74) is -0.0679. The van der Waals surface area contributed by atoms with E-state index in [4.69, 9.17) is 4.74 Å². The number of pyridine rings is 1. The van der Waals surface area contributed by atoms with Gasteiger partial charge in [0, 0.05) is 18.2 Å². The molecule has 92 valence electrons. The molecule has 1 heterocycles. The van der Waals surface area contributed by atoms with E-state index in [-0.39, 0.29) is 17.5 Å². The largest absolute Gasteiger partial charge is 0.481 e. The number of aromatic nitrogens is 1. The minimum atomic E-state index is -0.477. The van der Waals surface area contributed by atoms with Gasteiger partial charge >= 0.3 is 5.69 Å². The van der Waals surface area contributed by atoms with Crippen LogP contribution in [0.25, 0.3) is 0 Å². The fourth-order valence-corrected chi connectivity index (χ4v) is 1.34. The molecule has 0 radical (unpaired) electrons. The Morgan fingerprint density at radius 2 is 2.41 bits per heavy atom. The van der Waals surface area contributed by atoms with E-state index in [9.17, 15) is 10.1 Å². The van der Waals surface area contributed by atoms with Gasteiger partial charge in [-0.25, -0.2) is 0 Å². The van der Waals surface area contributed by atoms with E-state index in [1.54, 1.807) is 6.08 Å². The summed E-state index contributed by atoms with van der Waals surface area (Å²) in [5, 5.41) is 13.8. The van der Waals surface area contributed by atoms with Crippen LogP contribution in [0.2, 0.25) is 0 Å². The fraction of sp³-hybridized carbons (Fsp3) is 0.364. The molecule has 0 bridgehead atoms. The van der Waals surface area contributed by atoms with Crippen molar-refractivity contribution >= 4 is 11.5 Å². The molecule has 0 spiro atoms. The van der Waals surface area contributed by atoms with Crippen LogP contribution in [-0.2, 0) is 0 Å². The second-order valence-electron chi connectivity index (χ2n) is 3.55. The molecule has 1 aromatic heterocycles. The molecule has 0 saturated carbocycles. The van der Waals surface area contributed by atoms with Gasteiger partial charge in [-0.05, 0) is 13.3 Å². The van der Waals surface area contributed by atoms with E-state index in [0.717, 1.165) is 0 Å². The zero-order chi connectivity index (χ0) is 12.8. The Kier molecular flexibility index (Phi) is 4.45. The Balaban J connectivity index is 3.00. The number of ether oxygens (including phenoxy) is 1. The maximum absolute atomic E-state index is 10.8. The molecule has 1 atom stereocenters. The number of nitrogens with zero attached hydrogens (tertiary/aromatic N) is 2. The average molecular weight is 237 g/mol. The molecule has 0 aromatic carbocycles. The molecule has 0 aliphatic carbocycles. The van der Waals surface area contributed by atoms with Crippen LogP contribution in [0.15, 0.2) is 24.8 Å². The van der Waals surface area contributed by atoms with Crippen LogP contribution in [0, 0.1) is 10.1 Å². The highest BCUT2D eigenvalue weighted by Gasteiger charge is 2.17. The van der Waals surface area contributed by atoms with Crippen molar-refractivity contribution in [3.63, 3.8) is 0 Å². The van der Waals surface area contributed by atoms with E-state index in [2.05, 4.69) is 16.9 Å². The first-order valence-electron chi connectivity index (χ1n) is 5.15. The van der Waals surface area contributed by atoms with Gasteiger partial charge in [0.15, 0.2) is 0 Å². The van der Waals surface area contributed by atoms with Gasteiger partial charge in [0.05, 0.1) is 12.0 Å². The van der Waals surface area contributed by atoms with Gasteiger partial charge in [-0.1, -0.05) is 6.08 Å². The number of nitro groups is 1. The second kappa shape index (κ2) is 5.83. The minimum Gasteiger partial charge on any atom is -0.481 e. The highest BCUT2D eigenvalue weighted by Crippen LogP contribution is 2.25. The molecule has 0 amide bonds. The molecule has 1 unspecified atom stereocenters. The molecule has 0 aliphatic rings. The quantitative estimate of drug-likeness (QED) is 0.467. The van der Waals surface area contributed by atoms with Crippen LogP contribution >= 0.6 is 0 Å². The third-order valence-corrected chi connectivity index (χ3v) is 2.16. The minimum absolute atomic E-state index is 0.0193. The van der Waals surface area contributed by atoms with Crippen molar-refractivity contribution in [2.24, 2.45) is 0 Å². The Bertz CT molecular complexity index is 420. The number of hydrogen-bond acceptors (Lipinski definition) is 5. The lowest BCUT2D eigenvalue weighted by Crippen LogP contribution is -2.16. The van der Waals surface area contributed by atoms with Gasteiger partial charge in [-0.2, -0.15) is 4.98 Å². The molecule has 6 heteroatoms. The highest BCUT2D eigenvalue weighted by atomic mass is 16.6. The standard InChI is InChI=1S/C11H15N3O3/c1-4-5-8(2)12-11-9(14(15)16)6-7-10(13-11)17-3/h4,6-8H,1,5H2,2-3H3,(H,12,13). The summed E-state index contributed by atoms with van der Waals surface area (Å²) in [6.45, 7) is 5.51. The van der Waals surface area contributed by atoms with Crippen molar-refractivity contribution in [1.82, 2.24) is 4.98 Å². The fourth-order valence-electron chi connectivity index (χ4n) is 1.34. The van der Waals surface area contributed by atoms with Crippen LogP contribution in [0.4, 0.5) is 11.5 Å². The average Bonchev–Trinajstić information content (AvgIpc) is 2.28. The zero-order valence-electron chi connectivity index (χ0n) is 9.84. The van der Waals surface area contributed by atoms with Crippen LogP contribution in [0.1, 0.15) is 13.3 Å². The third-order valence-electron chi connectivity index (χ3n) is 2.16. The lowest BCUT2D eigenvalue weighted by Gasteiger charge is -2.12. The van der Waals surface area contributed by atoms with Gasteiger partial charge in [-0.3, -0.25) is 10.1 Å². The van der Waals surface area contributed by atoms with Gasteiger partial charge in [0.1, 0.15) is 0 Å². The molecule has 6 nitrogen and oxygen atoms in total. The van der Waals surface area contributed by atoms with Crippen molar-refractivity contribution in [3.8, 4) is 5.88 Å². The maximum atomic E-state index is 10.8. The third kappa shape index (κ3) is 3.44. The smallest absolute Gasteiger partial charge is 0.311 e. The van der Waals surface area contributed by atoms with Gasteiger partial charge in [0.2, 0.25) is 11.7 Å². The molecule has 1 rings (SSSR count). The lowest BCUT2D eigenvalue weighted by molar-refractivity contribution is -0.384. The Morgan fingerprint density at radius 1 is 1.71 bits per heavy atom. The van der Waals surface area contributed by atoms with E-state index in [0.29, 0.717) is 12.3 Å². The zero-order valence-corrected chi connectivity index (χ0v) is 9.84. The van der Waals surface area contributed by atoms with E-state index in [1.807, 2.05) is 6.92 Å². The first kappa shape index (κ1) is 13.0. The molecule has 1 N–H and O–H groups in total. The molecule has 1 aromatic rings. The van der Waals surface area contributed by atoms with Crippen molar-refractivity contribution in [2.75, 3.05) is 12.4 Å². The summed E-state index contributed by atoms with van der Waals surface area (Å²) < 4.78 is 4.94. The summed E-state index contributed by atoms with van der Waals surface area (Å²) in [4.78, 5) is 14.4. The highest BCUT2D eigenvalue weighted by molar-refractivity contribution is 5.57. The van der Waals surface area contributed by atoms with E-state index >= 15 is 0 Å². The van der Waals surface area contributed by atoms with Gasteiger partial charge < -0.3 is 10.1 Å². The molecule has 0 saturated heterocycles. The second-order valence-corrected chi connectivity index (χ2v) is 3.55. The summed E-state index contributed by atoms with van der Waals surface area (Å²) in [5.74, 6) is 0.549. The number of anilines is 1. The molecule has 0 aliphatic heterocycles. The predicted octanol–water partition coefficient (Wildman–Crippen LogP) is 2.37. The van der Waals surface area contributed by atoms with Gasteiger partial charge in [0.25, 0.3) is 0 Å². The molecule has 17 heavy (non-hydrogen) atoms. The van der Waals surface area contributed by atoms with Crippen LogP contribution in [0.3, 0.4) is 0 Å². The van der Waals surface area contributed by atoms with Crippen molar-refractivity contribution in [3.05, 3.63) is 34.9 Å². The number of methoxy groups -OCH3 is 1. The summed E-state index contributed by atoms with van der Waals surface area (Å²) in [7, 11) is 1.46. The molecular weight excluding hydrogens is 222 g/mol. The first-order chi connectivity index (χ1) is 8.08. The monoisotopic (exact) mass is 237 g/mol. The Morgan fingerprint density at radius 3 is 2.94 bits per heavy atom. The van der Waals surface area contributed by atoms with Crippen LogP contribution < -0.4 is 10.1 Å². The number of hydrogen-bond donors (Lipinski definition) is 1. The van der Waals surface area contributed by atoms with Crippen LogP contribution in [0.5, 0.6) is 5.88 Å². The summed E-state index contributed by atoms with van der Waals surface area (Å²) in [6, 6.07) is 2.85. The topological polar surface area (TPSA) is 77.3 Å². The Labute approximate surface area is 99.5 Å². The van der Waals surface area contributed by atoms with E-state index < -0.39 is 4.92 Å². The van der Waals surface area contributed by atoms with E-state index in [1.165, 1.54) is 19.2 Å². The number of nitrogens with one attached hydrogen (secondary N) is 1. The SMILES string of the molecule is C=CCC(C)Nc1nc(OC)ccc1[N+](=O)[O-]. The predicted molar refractivity (Wildman–Crippen MR) is 65.3 cm³/mol. The maximum Gasteiger partial charge on any atom is 0.311 e. The Hall–Kier alpha value is -2.11. The van der Waals surface area contributed by atoms with Crippen LogP contribution in [-0.4, -0.2) is 23.1 Å². The number of rotatable bonds is 6. The molecular formula is C11H15N3O3. The van der Waals surface area contributed by atoms with Crippen molar-refractivity contribution < 1.29 is 9.66 Å². The first-order valence-corrected chi connectivity index (χ1v) is 5.15. The molecule has 0 fully saturated rings. The summed E-state index contributed by atoms with van der Waals surface area (Å²) >= 11 is 0.